The minimum Gasteiger partial charge on any atom is -0.338 e. The molecule has 0 aromatic rings. The van der Waals surface area contributed by atoms with E-state index in [1.54, 1.807) is 0 Å². The van der Waals surface area contributed by atoms with Crippen molar-refractivity contribution in [1.29, 1.82) is 0 Å². The summed E-state index contributed by atoms with van der Waals surface area (Å²) in [5, 5.41) is 0. The van der Waals surface area contributed by atoms with Crippen LogP contribution in [0.4, 0.5) is 39.5 Å². The number of rotatable bonds is 0. The van der Waals surface area contributed by atoms with Gasteiger partial charge in [0.1, 0.15) is 0 Å². The van der Waals surface area contributed by atoms with E-state index in [-0.39, 0.29) is 0 Å². The van der Waals surface area contributed by atoms with E-state index in [1.807, 2.05) is 0 Å². The van der Waals surface area contributed by atoms with Crippen LogP contribution in [0.5, 0.6) is 0 Å². The highest BCUT2D eigenvalue weighted by Gasteiger charge is 2.78. The lowest BCUT2D eigenvalue weighted by Gasteiger charge is -2.60. The Hall–Kier alpha value is -1.99. The first-order chi connectivity index (χ1) is 12.3. The van der Waals surface area contributed by atoms with Crippen molar-refractivity contribution in [2.24, 2.45) is 21.6 Å². The SMILES string of the molecule is CC(C)(C)N1C=CC2C1(N)N1C(C(F)(F)F)=NC2(C(F)(F)F)N=C1C(F)(F)F. The molecule has 2 N–H and O–H groups in total. The third-order valence-electron chi connectivity index (χ3n) is 4.69. The van der Waals surface area contributed by atoms with E-state index < -0.39 is 58.0 Å². The van der Waals surface area contributed by atoms with Crippen molar-refractivity contribution in [2.75, 3.05) is 0 Å². The fourth-order valence-electron chi connectivity index (χ4n) is 3.73. The molecule has 4 aliphatic heterocycles. The average molecular weight is 423 g/mol. The molecule has 0 radical (unpaired) electrons. The molecule has 5 nitrogen and oxygen atoms in total. The number of halogens is 9. The summed E-state index contributed by atoms with van der Waals surface area (Å²) < 4.78 is 123. The molecular weight excluding hydrogens is 409 g/mol. The maximum absolute atomic E-state index is 13.9. The van der Waals surface area contributed by atoms with Gasteiger partial charge in [0.25, 0.3) is 5.66 Å². The standard InChI is InChI=1S/C14H14F9N5/c1-9(2,3)27-5-4-6-10(14(21,22)23)25-7(11(15,16)17)28(13(6,27)24)8(26-10)12(18,19)20/h4-6H,24H2,1-3H3. The molecule has 28 heavy (non-hydrogen) atoms. The lowest BCUT2D eigenvalue weighted by Crippen LogP contribution is -2.83. The van der Waals surface area contributed by atoms with Gasteiger partial charge in [0.05, 0.1) is 5.92 Å². The van der Waals surface area contributed by atoms with Gasteiger partial charge < -0.3 is 4.90 Å². The van der Waals surface area contributed by atoms with E-state index >= 15 is 0 Å². The lowest BCUT2D eigenvalue weighted by atomic mass is 9.81. The molecular formula is C14H14F9N5. The van der Waals surface area contributed by atoms with Crippen molar-refractivity contribution in [1.82, 2.24) is 9.80 Å². The predicted octanol–water partition coefficient (Wildman–Crippen LogP) is 3.35. The highest BCUT2D eigenvalue weighted by Crippen LogP contribution is 2.58. The van der Waals surface area contributed by atoms with Crippen LogP contribution < -0.4 is 5.73 Å². The summed E-state index contributed by atoms with van der Waals surface area (Å²) in [5.74, 6) is -9.82. The van der Waals surface area contributed by atoms with Gasteiger partial charge in [-0.05, 0) is 27.0 Å². The molecule has 4 aliphatic rings. The zero-order chi connectivity index (χ0) is 21.7. The summed E-state index contributed by atoms with van der Waals surface area (Å²) in [6.07, 6.45) is -15.2. The molecule has 4 heterocycles. The van der Waals surface area contributed by atoms with Crippen molar-refractivity contribution in [3.8, 4) is 0 Å². The molecule has 0 saturated carbocycles. The van der Waals surface area contributed by atoms with Gasteiger partial charge in [-0.15, -0.1) is 0 Å². The number of alkyl halides is 9. The molecule has 0 amide bonds. The van der Waals surface area contributed by atoms with Gasteiger partial charge in [0.15, 0.2) is 5.79 Å². The molecule has 4 rings (SSSR count). The second-order valence-electron chi connectivity index (χ2n) is 7.57. The highest BCUT2D eigenvalue weighted by molar-refractivity contribution is 6.09. The van der Waals surface area contributed by atoms with Crippen LogP contribution in [0.3, 0.4) is 0 Å². The summed E-state index contributed by atoms with van der Waals surface area (Å²) in [4.78, 5) is 5.63. The zero-order valence-electron chi connectivity index (χ0n) is 14.5. The van der Waals surface area contributed by atoms with Crippen LogP contribution in [0, 0.1) is 5.92 Å². The summed E-state index contributed by atoms with van der Waals surface area (Å²) in [5.41, 5.74) is 0.672. The second kappa shape index (κ2) is 5.13. The van der Waals surface area contributed by atoms with E-state index in [1.165, 1.54) is 20.8 Å². The monoisotopic (exact) mass is 423 g/mol. The molecule has 0 aromatic heterocycles. The van der Waals surface area contributed by atoms with E-state index in [0.29, 0.717) is 0 Å². The summed E-state index contributed by atoms with van der Waals surface area (Å²) in [6, 6.07) is 0. The van der Waals surface area contributed by atoms with Gasteiger partial charge in [-0.3, -0.25) is 10.6 Å². The molecule has 0 aromatic carbocycles. The van der Waals surface area contributed by atoms with Crippen LogP contribution in [0.15, 0.2) is 22.3 Å². The Morgan fingerprint density at radius 2 is 1.32 bits per heavy atom. The zero-order valence-corrected chi connectivity index (χ0v) is 14.5. The second-order valence-corrected chi connectivity index (χ2v) is 7.57. The van der Waals surface area contributed by atoms with Crippen molar-refractivity contribution in [2.45, 2.75) is 56.3 Å². The third kappa shape index (κ3) is 2.45. The van der Waals surface area contributed by atoms with Crippen LogP contribution in [0.25, 0.3) is 0 Å². The van der Waals surface area contributed by atoms with Gasteiger partial charge in [-0.2, -0.15) is 39.5 Å². The molecule has 0 saturated heterocycles. The Labute approximate surface area is 152 Å². The Morgan fingerprint density at radius 3 is 1.64 bits per heavy atom. The van der Waals surface area contributed by atoms with Gasteiger partial charge in [0, 0.05) is 5.54 Å². The molecule has 0 aliphatic carbocycles. The predicted molar refractivity (Wildman–Crippen MR) is 78.7 cm³/mol. The number of hydrogen-bond donors (Lipinski definition) is 1. The molecule has 0 spiro atoms. The van der Waals surface area contributed by atoms with Crippen molar-refractivity contribution in [3.05, 3.63) is 12.3 Å². The molecule has 2 atom stereocenters. The van der Waals surface area contributed by atoms with Gasteiger partial charge in [-0.25, -0.2) is 9.98 Å². The van der Waals surface area contributed by atoms with Crippen LogP contribution in [0.2, 0.25) is 0 Å². The summed E-state index contributed by atoms with van der Waals surface area (Å²) in [6.45, 7) is 4.15. The molecule has 2 bridgehead atoms. The van der Waals surface area contributed by atoms with Crippen molar-refractivity contribution >= 4 is 11.7 Å². The Kier molecular flexibility index (Phi) is 3.80. The first-order valence-corrected chi connectivity index (χ1v) is 7.75. The quantitative estimate of drug-likeness (QED) is 0.608. The normalized spacial score (nSPS) is 33.2. The Balaban J connectivity index is 2.42. The topological polar surface area (TPSA) is 57.2 Å². The first-order valence-electron chi connectivity index (χ1n) is 7.75. The highest BCUT2D eigenvalue weighted by atomic mass is 19.4. The first kappa shape index (κ1) is 20.7. The van der Waals surface area contributed by atoms with Gasteiger partial charge >= 0.3 is 18.5 Å². The average Bonchev–Trinajstić information content (AvgIpc) is 2.83. The molecule has 158 valence electrons. The van der Waals surface area contributed by atoms with E-state index in [4.69, 9.17) is 5.73 Å². The smallest absolute Gasteiger partial charge is 0.338 e. The van der Waals surface area contributed by atoms with E-state index in [2.05, 4.69) is 9.98 Å². The number of nitrogens with two attached hydrogens (primary N) is 1. The van der Waals surface area contributed by atoms with E-state index in [0.717, 1.165) is 17.2 Å². The Morgan fingerprint density at radius 1 is 0.893 bits per heavy atom. The molecule has 14 heteroatoms. The van der Waals surface area contributed by atoms with Crippen LogP contribution in [-0.4, -0.2) is 57.0 Å². The largest absolute Gasteiger partial charge is 0.449 e. The Bertz CT molecular complexity index is 751. The van der Waals surface area contributed by atoms with Crippen LogP contribution in [0.1, 0.15) is 20.8 Å². The van der Waals surface area contributed by atoms with Gasteiger partial charge in [-0.1, -0.05) is 6.08 Å². The van der Waals surface area contributed by atoms with Crippen molar-refractivity contribution < 1.29 is 39.5 Å². The number of nitrogens with zero attached hydrogens (tertiary/aromatic N) is 4. The maximum atomic E-state index is 13.9. The van der Waals surface area contributed by atoms with Gasteiger partial charge in [0.2, 0.25) is 11.7 Å². The molecule has 0 fully saturated rings. The third-order valence-corrected chi connectivity index (χ3v) is 4.69. The van der Waals surface area contributed by atoms with Crippen molar-refractivity contribution in [3.63, 3.8) is 0 Å². The summed E-state index contributed by atoms with van der Waals surface area (Å²) >= 11 is 0. The summed E-state index contributed by atoms with van der Waals surface area (Å²) in [7, 11) is 0. The maximum Gasteiger partial charge on any atom is 0.449 e. The molecule has 2 unspecified atom stereocenters. The fourth-order valence-corrected chi connectivity index (χ4v) is 3.73. The van der Waals surface area contributed by atoms with Crippen LogP contribution >= 0.6 is 0 Å². The number of aliphatic imine (C=N–C) groups is 2. The minimum absolute atomic E-state index is 0.476. The minimum atomic E-state index is -5.68. The lowest BCUT2D eigenvalue weighted by molar-refractivity contribution is -0.228. The number of hydrogen-bond acceptors (Lipinski definition) is 5. The van der Waals surface area contributed by atoms with E-state index in [9.17, 15) is 39.5 Å². The number of amidine groups is 2. The fraction of sp³-hybridized carbons (Fsp3) is 0.714. The van der Waals surface area contributed by atoms with Crippen LogP contribution in [-0.2, 0) is 0 Å².